The monoisotopic (exact) mass is 242 g/mol. The molecule has 0 amide bonds. The molecular formula is C12H22N2OS. The Labute approximate surface area is 102 Å². The van der Waals surface area contributed by atoms with E-state index in [0.29, 0.717) is 6.04 Å². The minimum atomic E-state index is 0.522. The molecule has 1 heterocycles. The van der Waals surface area contributed by atoms with Gasteiger partial charge in [-0.3, -0.25) is 0 Å². The van der Waals surface area contributed by atoms with Gasteiger partial charge in [0.15, 0.2) is 0 Å². The molecule has 0 bridgehead atoms. The molecular weight excluding hydrogens is 220 g/mol. The number of thiazole rings is 1. The lowest BCUT2D eigenvalue weighted by Crippen LogP contribution is -2.21. The molecule has 0 aliphatic carbocycles. The number of nitrogens with one attached hydrogen (secondary N) is 1. The van der Waals surface area contributed by atoms with Gasteiger partial charge >= 0.3 is 0 Å². The van der Waals surface area contributed by atoms with Crippen molar-refractivity contribution in [3.8, 4) is 0 Å². The number of ether oxygens (including phenoxy) is 1. The van der Waals surface area contributed by atoms with Crippen molar-refractivity contribution in [2.24, 2.45) is 0 Å². The Hall–Kier alpha value is -0.450. The quantitative estimate of drug-likeness (QED) is 0.797. The van der Waals surface area contributed by atoms with Crippen LogP contribution in [-0.2, 0) is 24.1 Å². The van der Waals surface area contributed by atoms with Gasteiger partial charge in [-0.25, -0.2) is 4.98 Å². The van der Waals surface area contributed by atoms with Crippen molar-refractivity contribution in [1.29, 1.82) is 0 Å². The fraction of sp³-hybridized carbons (Fsp3) is 0.750. The third kappa shape index (κ3) is 4.20. The molecule has 16 heavy (non-hydrogen) atoms. The summed E-state index contributed by atoms with van der Waals surface area (Å²) in [6, 6.07) is 0.522. The van der Waals surface area contributed by atoms with Crippen LogP contribution >= 0.6 is 11.3 Å². The van der Waals surface area contributed by atoms with E-state index >= 15 is 0 Å². The highest BCUT2D eigenvalue weighted by Gasteiger charge is 2.09. The Morgan fingerprint density at radius 2 is 2.19 bits per heavy atom. The van der Waals surface area contributed by atoms with Crippen molar-refractivity contribution in [2.45, 2.75) is 46.2 Å². The van der Waals surface area contributed by atoms with Crippen LogP contribution in [0.15, 0.2) is 0 Å². The second kappa shape index (κ2) is 6.99. The second-order valence-corrected chi connectivity index (χ2v) is 5.28. The van der Waals surface area contributed by atoms with Crippen LogP contribution in [-0.4, -0.2) is 24.7 Å². The summed E-state index contributed by atoms with van der Waals surface area (Å²) in [5.74, 6) is 0. The Kier molecular flexibility index (Phi) is 5.95. The molecule has 0 saturated heterocycles. The summed E-state index contributed by atoms with van der Waals surface area (Å²) in [6.45, 7) is 8.18. The molecule has 0 radical (unpaired) electrons. The SMILES string of the molecule is CCc1nc(CCOC)sc1CNC(C)C. The first-order valence-electron chi connectivity index (χ1n) is 5.87. The number of aryl methyl sites for hydroxylation is 1. The van der Waals surface area contributed by atoms with E-state index in [4.69, 9.17) is 4.74 Å². The van der Waals surface area contributed by atoms with Crippen LogP contribution in [0.1, 0.15) is 36.3 Å². The zero-order chi connectivity index (χ0) is 12.0. The van der Waals surface area contributed by atoms with Crippen LogP contribution in [0.2, 0.25) is 0 Å². The number of aromatic nitrogens is 1. The summed E-state index contributed by atoms with van der Waals surface area (Å²) in [5.41, 5.74) is 1.24. The summed E-state index contributed by atoms with van der Waals surface area (Å²) >= 11 is 1.81. The Balaban J connectivity index is 2.62. The highest BCUT2D eigenvalue weighted by atomic mass is 32.1. The molecule has 1 rings (SSSR count). The maximum Gasteiger partial charge on any atom is 0.0954 e. The lowest BCUT2D eigenvalue weighted by molar-refractivity contribution is 0.202. The van der Waals surface area contributed by atoms with Gasteiger partial charge in [-0.2, -0.15) is 0 Å². The zero-order valence-electron chi connectivity index (χ0n) is 10.7. The topological polar surface area (TPSA) is 34.1 Å². The molecule has 0 atom stereocenters. The average Bonchev–Trinajstić information content (AvgIpc) is 2.66. The van der Waals surface area contributed by atoms with E-state index in [-0.39, 0.29) is 0 Å². The summed E-state index contributed by atoms with van der Waals surface area (Å²) in [6.07, 6.45) is 1.94. The van der Waals surface area contributed by atoms with Gasteiger partial charge in [0.1, 0.15) is 0 Å². The molecule has 1 aromatic heterocycles. The number of methoxy groups -OCH3 is 1. The maximum absolute atomic E-state index is 5.08. The van der Waals surface area contributed by atoms with Gasteiger partial charge in [0, 0.05) is 31.0 Å². The van der Waals surface area contributed by atoms with Gasteiger partial charge < -0.3 is 10.1 Å². The Morgan fingerprint density at radius 3 is 2.75 bits per heavy atom. The lowest BCUT2D eigenvalue weighted by Gasteiger charge is -2.06. The largest absolute Gasteiger partial charge is 0.384 e. The third-order valence-electron chi connectivity index (χ3n) is 2.35. The molecule has 3 nitrogen and oxygen atoms in total. The first-order chi connectivity index (χ1) is 7.67. The van der Waals surface area contributed by atoms with Crippen LogP contribution in [0.3, 0.4) is 0 Å². The third-order valence-corrected chi connectivity index (χ3v) is 3.51. The molecule has 0 aliphatic rings. The molecule has 0 unspecified atom stereocenters. The van der Waals surface area contributed by atoms with Crippen molar-refractivity contribution < 1.29 is 4.74 Å². The zero-order valence-corrected chi connectivity index (χ0v) is 11.5. The summed E-state index contributed by atoms with van der Waals surface area (Å²) < 4.78 is 5.08. The molecule has 0 aliphatic heterocycles. The number of rotatable bonds is 7. The fourth-order valence-electron chi connectivity index (χ4n) is 1.44. The van der Waals surface area contributed by atoms with E-state index in [2.05, 4.69) is 31.1 Å². The van der Waals surface area contributed by atoms with Gasteiger partial charge in [0.05, 0.1) is 17.3 Å². The lowest BCUT2D eigenvalue weighted by atomic mass is 10.3. The minimum absolute atomic E-state index is 0.522. The van der Waals surface area contributed by atoms with Crippen LogP contribution in [0.5, 0.6) is 0 Å². The van der Waals surface area contributed by atoms with Gasteiger partial charge in [-0.05, 0) is 6.42 Å². The summed E-state index contributed by atoms with van der Waals surface area (Å²) in [5, 5.41) is 4.64. The van der Waals surface area contributed by atoms with Crippen molar-refractivity contribution in [1.82, 2.24) is 10.3 Å². The molecule has 1 aromatic rings. The Morgan fingerprint density at radius 1 is 1.44 bits per heavy atom. The summed E-state index contributed by atoms with van der Waals surface area (Å²) in [7, 11) is 1.73. The smallest absolute Gasteiger partial charge is 0.0954 e. The van der Waals surface area contributed by atoms with Crippen LogP contribution in [0, 0.1) is 0 Å². The predicted molar refractivity (Wildman–Crippen MR) is 69.0 cm³/mol. The minimum Gasteiger partial charge on any atom is -0.384 e. The van der Waals surface area contributed by atoms with Crippen molar-refractivity contribution in [2.75, 3.05) is 13.7 Å². The van der Waals surface area contributed by atoms with Crippen molar-refractivity contribution >= 4 is 11.3 Å². The van der Waals surface area contributed by atoms with Crippen LogP contribution in [0.4, 0.5) is 0 Å². The van der Waals surface area contributed by atoms with E-state index in [1.165, 1.54) is 15.6 Å². The van der Waals surface area contributed by atoms with E-state index in [1.807, 2.05) is 11.3 Å². The molecule has 0 spiro atoms. The second-order valence-electron chi connectivity index (χ2n) is 4.11. The normalized spacial score (nSPS) is 11.3. The molecule has 92 valence electrons. The van der Waals surface area contributed by atoms with Gasteiger partial charge in [0.2, 0.25) is 0 Å². The van der Waals surface area contributed by atoms with Gasteiger partial charge in [-0.1, -0.05) is 20.8 Å². The highest BCUT2D eigenvalue weighted by Crippen LogP contribution is 2.19. The van der Waals surface area contributed by atoms with Crippen LogP contribution in [0.25, 0.3) is 0 Å². The van der Waals surface area contributed by atoms with E-state index in [1.54, 1.807) is 7.11 Å². The first kappa shape index (κ1) is 13.6. The average molecular weight is 242 g/mol. The van der Waals surface area contributed by atoms with Crippen molar-refractivity contribution in [3.05, 3.63) is 15.6 Å². The van der Waals surface area contributed by atoms with Gasteiger partial charge in [0.25, 0.3) is 0 Å². The molecule has 0 aromatic carbocycles. The molecule has 1 N–H and O–H groups in total. The Bertz CT molecular complexity index is 310. The number of nitrogens with zero attached hydrogens (tertiary/aromatic N) is 1. The number of hydrogen-bond acceptors (Lipinski definition) is 4. The van der Waals surface area contributed by atoms with E-state index < -0.39 is 0 Å². The standard InChI is InChI=1S/C12H22N2OS/c1-5-10-11(8-13-9(2)3)16-12(14-10)6-7-15-4/h9,13H,5-8H2,1-4H3. The predicted octanol–water partition coefficient (Wildman–Crippen LogP) is 2.39. The first-order valence-corrected chi connectivity index (χ1v) is 6.68. The maximum atomic E-state index is 5.08. The van der Waals surface area contributed by atoms with Crippen molar-refractivity contribution in [3.63, 3.8) is 0 Å². The van der Waals surface area contributed by atoms with E-state index in [0.717, 1.165) is 26.0 Å². The highest BCUT2D eigenvalue weighted by molar-refractivity contribution is 7.11. The molecule has 4 heteroatoms. The van der Waals surface area contributed by atoms with E-state index in [9.17, 15) is 0 Å². The molecule has 0 saturated carbocycles. The number of hydrogen-bond donors (Lipinski definition) is 1. The van der Waals surface area contributed by atoms with Gasteiger partial charge in [-0.15, -0.1) is 11.3 Å². The summed E-state index contributed by atoms with van der Waals surface area (Å²) in [4.78, 5) is 6.02. The molecule has 0 fully saturated rings. The fourth-order valence-corrected chi connectivity index (χ4v) is 2.53. The van der Waals surface area contributed by atoms with Crippen LogP contribution < -0.4 is 5.32 Å².